The van der Waals surface area contributed by atoms with Gasteiger partial charge < -0.3 is 15.4 Å². The van der Waals surface area contributed by atoms with Gasteiger partial charge in [0.2, 0.25) is 0 Å². The molecule has 2 aromatic rings. The van der Waals surface area contributed by atoms with Crippen LogP contribution in [0.25, 0.3) is 0 Å². The quantitative estimate of drug-likeness (QED) is 0.774. The Hall–Kier alpha value is -2.67. The zero-order chi connectivity index (χ0) is 19.4. The first kappa shape index (κ1) is 19.1. The van der Waals surface area contributed by atoms with Crippen molar-refractivity contribution in [2.24, 2.45) is 5.92 Å². The topological polar surface area (TPSA) is 84.5 Å². The summed E-state index contributed by atoms with van der Waals surface area (Å²) in [6, 6.07) is 8.36. The van der Waals surface area contributed by atoms with Crippen LogP contribution in [0.15, 0.2) is 30.3 Å². The molecule has 1 atom stereocenters. The molecule has 1 aromatic heterocycles. The lowest BCUT2D eigenvalue weighted by atomic mass is 9.90. The molecule has 0 saturated carbocycles. The van der Waals surface area contributed by atoms with Gasteiger partial charge in [0, 0.05) is 23.2 Å². The smallest absolute Gasteiger partial charge is 0.348 e. The number of carbonyl (C=O) groups is 3. The highest BCUT2D eigenvalue weighted by molar-refractivity contribution is 7.14. The first-order valence-corrected chi connectivity index (χ1v) is 9.68. The van der Waals surface area contributed by atoms with Crippen LogP contribution in [0.1, 0.15) is 43.8 Å². The van der Waals surface area contributed by atoms with E-state index in [0.717, 1.165) is 19.3 Å². The summed E-state index contributed by atoms with van der Waals surface area (Å²) in [7, 11) is 1.55. The van der Waals surface area contributed by atoms with Crippen LogP contribution in [-0.4, -0.2) is 31.4 Å². The Labute approximate surface area is 161 Å². The van der Waals surface area contributed by atoms with Crippen LogP contribution in [0.5, 0.6) is 0 Å². The molecule has 0 saturated heterocycles. The Morgan fingerprint density at radius 2 is 1.96 bits per heavy atom. The Morgan fingerprint density at radius 1 is 1.22 bits per heavy atom. The summed E-state index contributed by atoms with van der Waals surface area (Å²) >= 11 is 1.46. The van der Waals surface area contributed by atoms with Gasteiger partial charge in [-0.3, -0.25) is 9.59 Å². The Kier molecular flexibility index (Phi) is 5.91. The van der Waals surface area contributed by atoms with Crippen molar-refractivity contribution >= 4 is 34.8 Å². The van der Waals surface area contributed by atoms with Gasteiger partial charge in [-0.15, -0.1) is 11.3 Å². The number of aryl methyl sites for hydroxylation is 1. The summed E-state index contributed by atoms with van der Waals surface area (Å²) in [4.78, 5) is 37.5. The normalized spacial score (nSPS) is 15.6. The SMILES string of the molecule is CNC(=O)c1ccc(NC(=O)COC(=O)c2cc3c(s2)CC[C@@H](C)C3)cc1. The zero-order valence-electron chi connectivity index (χ0n) is 15.3. The molecule has 0 fully saturated rings. The van der Waals surface area contributed by atoms with Gasteiger partial charge in [0.25, 0.3) is 11.8 Å². The number of thiophene rings is 1. The van der Waals surface area contributed by atoms with E-state index in [9.17, 15) is 14.4 Å². The molecule has 6 nitrogen and oxygen atoms in total. The molecule has 0 unspecified atom stereocenters. The van der Waals surface area contributed by atoms with Gasteiger partial charge in [0.15, 0.2) is 6.61 Å². The number of fused-ring (bicyclic) bond motifs is 1. The molecule has 142 valence electrons. The molecule has 7 heteroatoms. The molecule has 0 radical (unpaired) electrons. The average Bonchev–Trinajstić information content (AvgIpc) is 3.09. The van der Waals surface area contributed by atoms with Crippen molar-refractivity contribution in [2.45, 2.75) is 26.2 Å². The van der Waals surface area contributed by atoms with Gasteiger partial charge in [-0.05, 0) is 61.1 Å². The third-order valence-corrected chi connectivity index (χ3v) is 5.74. The van der Waals surface area contributed by atoms with Gasteiger partial charge in [-0.1, -0.05) is 6.92 Å². The Balaban J connectivity index is 1.51. The number of nitrogens with one attached hydrogen (secondary N) is 2. The van der Waals surface area contributed by atoms with E-state index in [4.69, 9.17) is 4.74 Å². The zero-order valence-corrected chi connectivity index (χ0v) is 16.2. The second-order valence-electron chi connectivity index (χ2n) is 6.69. The van der Waals surface area contributed by atoms with E-state index in [0.29, 0.717) is 22.0 Å². The van der Waals surface area contributed by atoms with Crippen molar-refractivity contribution in [3.8, 4) is 0 Å². The van der Waals surface area contributed by atoms with Crippen molar-refractivity contribution in [3.63, 3.8) is 0 Å². The third-order valence-electron chi connectivity index (χ3n) is 4.52. The van der Waals surface area contributed by atoms with E-state index in [2.05, 4.69) is 17.6 Å². The minimum Gasteiger partial charge on any atom is -0.451 e. The van der Waals surface area contributed by atoms with Crippen LogP contribution in [0, 0.1) is 5.92 Å². The number of hydrogen-bond donors (Lipinski definition) is 2. The summed E-state index contributed by atoms with van der Waals surface area (Å²) in [5.41, 5.74) is 2.26. The lowest BCUT2D eigenvalue weighted by Gasteiger charge is -2.16. The molecule has 27 heavy (non-hydrogen) atoms. The van der Waals surface area contributed by atoms with E-state index in [1.54, 1.807) is 31.3 Å². The number of benzene rings is 1. The summed E-state index contributed by atoms with van der Waals surface area (Å²) in [5.74, 6) is -0.454. The lowest BCUT2D eigenvalue weighted by Crippen LogP contribution is -2.21. The summed E-state index contributed by atoms with van der Waals surface area (Å²) in [5, 5.41) is 5.17. The fourth-order valence-corrected chi connectivity index (χ4v) is 4.16. The van der Waals surface area contributed by atoms with Crippen molar-refractivity contribution < 1.29 is 19.1 Å². The Bertz CT molecular complexity index is 857. The van der Waals surface area contributed by atoms with E-state index in [1.165, 1.54) is 21.8 Å². The number of amides is 2. The van der Waals surface area contributed by atoms with Gasteiger partial charge in [0.05, 0.1) is 0 Å². The maximum Gasteiger partial charge on any atom is 0.348 e. The van der Waals surface area contributed by atoms with Crippen LogP contribution in [0.3, 0.4) is 0 Å². The van der Waals surface area contributed by atoms with Crippen molar-refractivity contribution in [1.82, 2.24) is 5.32 Å². The summed E-state index contributed by atoms with van der Waals surface area (Å²) < 4.78 is 5.14. The number of ether oxygens (including phenoxy) is 1. The van der Waals surface area contributed by atoms with E-state index >= 15 is 0 Å². The summed E-state index contributed by atoms with van der Waals surface area (Å²) in [6.45, 7) is 1.86. The molecule has 2 N–H and O–H groups in total. The van der Waals surface area contributed by atoms with Crippen LogP contribution in [-0.2, 0) is 22.4 Å². The minimum absolute atomic E-state index is 0.199. The van der Waals surface area contributed by atoms with Gasteiger partial charge >= 0.3 is 5.97 Å². The second kappa shape index (κ2) is 8.35. The Morgan fingerprint density at radius 3 is 2.67 bits per heavy atom. The molecule has 1 aliphatic rings. The maximum atomic E-state index is 12.2. The number of anilines is 1. The van der Waals surface area contributed by atoms with Gasteiger partial charge in [-0.25, -0.2) is 4.79 Å². The first-order chi connectivity index (χ1) is 13.0. The lowest BCUT2D eigenvalue weighted by molar-refractivity contribution is -0.119. The predicted octanol–water partition coefficient (Wildman–Crippen LogP) is 3.03. The standard InChI is InChI=1S/C20H22N2O4S/c1-12-3-8-16-14(9-12)10-17(27-16)20(25)26-11-18(23)22-15-6-4-13(5-7-15)19(24)21-2/h4-7,10,12H,3,8-9,11H2,1-2H3,(H,21,24)(H,22,23)/t12-/m1/s1. The van der Waals surface area contributed by atoms with Gasteiger partial charge in [-0.2, -0.15) is 0 Å². The van der Waals surface area contributed by atoms with Crippen LogP contribution >= 0.6 is 11.3 Å². The maximum absolute atomic E-state index is 12.2. The predicted molar refractivity (Wildman–Crippen MR) is 104 cm³/mol. The molecule has 1 heterocycles. The van der Waals surface area contributed by atoms with Crippen molar-refractivity contribution in [3.05, 3.63) is 51.2 Å². The third kappa shape index (κ3) is 4.74. The number of carbonyl (C=O) groups excluding carboxylic acids is 3. The molecule has 0 aliphatic heterocycles. The van der Waals surface area contributed by atoms with E-state index in [1.807, 2.05) is 6.07 Å². The second-order valence-corrected chi connectivity index (χ2v) is 7.82. The number of rotatable bonds is 5. The molecular weight excluding hydrogens is 364 g/mol. The molecule has 3 rings (SSSR count). The van der Waals surface area contributed by atoms with Crippen molar-refractivity contribution in [2.75, 3.05) is 19.0 Å². The average molecular weight is 386 g/mol. The summed E-state index contributed by atoms with van der Waals surface area (Å²) in [6.07, 6.45) is 3.13. The van der Waals surface area contributed by atoms with Crippen LogP contribution < -0.4 is 10.6 Å². The van der Waals surface area contributed by atoms with E-state index < -0.39 is 11.9 Å². The fraction of sp³-hybridized carbons (Fsp3) is 0.350. The highest BCUT2D eigenvalue weighted by atomic mass is 32.1. The highest BCUT2D eigenvalue weighted by Gasteiger charge is 2.21. The monoisotopic (exact) mass is 386 g/mol. The van der Waals surface area contributed by atoms with Crippen LogP contribution in [0.4, 0.5) is 5.69 Å². The molecule has 0 bridgehead atoms. The van der Waals surface area contributed by atoms with Crippen LogP contribution in [0.2, 0.25) is 0 Å². The number of esters is 1. The first-order valence-electron chi connectivity index (χ1n) is 8.87. The molecule has 1 aliphatic carbocycles. The minimum atomic E-state index is -0.466. The highest BCUT2D eigenvalue weighted by Crippen LogP contribution is 2.32. The fourth-order valence-electron chi connectivity index (χ4n) is 3.05. The van der Waals surface area contributed by atoms with E-state index in [-0.39, 0.29) is 12.5 Å². The molecule has 1 aromatic carbocycles. The molecular formula is C20H22N2O4S. The van der Waals surface area contributed by atoms with Crippen molar-refractivity contribution in [1.29, 1.82) is 0 Å². The molecule has 0 spiro atoms. The number of hydrogen-bond acceptors (Lipinski definition) is 5. The largest absolute Gasteiger partial charge is 0.451 e. The van der Waals surface area contributed by atoms with Gasteiger partial charge in [0.1, 0.15) is 4.88 Å². The molecule has 2 amide bonds.